The summed E-state index contributed by atoms with van der Waals surface area (Å²) in [5, 5.41) is 6.02. The van der Waals surface area contributed by atoms with Crippen LogP contribution < -0.4 is 5.32 Å². The van der Waals surface area contributed by atoms with Crippen molar-refractivity contribution in [1.82, 2.24) is 5.32 Å². The van der Waals surface area contributed by atoms with Crippen LogP contribution in [0, 0.1) is 0 Å². The molecule has 0 amide bonds. The van der Waals surface area contributed by atoms with Gasteiger partial charge in [-0.15, -0.1) is 11.3 Å². The van der Waals surface area contributed by atoms with E-state index in [1.54, 1.807) is 0 Å². The normalized spacial score (nSPS) is 13.1. The molecule has 1 heterocycles. The maximum absolute atomic E-state index is 3.85. The maximum atomic E-state index is 3.85. The van der Waals surface area contributed by atoms with Crippen LogP contribution in [-0.2, 0) is 0 Å². The minimum absolute atomic E-state index is 0.508. The average Bonchev–Trinajstić information content (AvgIpc) is 2.93. The molecule has 1 atom stereocenters. The predicted octanol–water partition coefficient (Wildman–Crippen LogP) is 5.93. The van der Waals surface area contributed by atoms with Crippen LogP contribution in [0.3, 0.4) is 0 Å². The van der Waals surface area contributed by atoms with Gasteiger partial charge in [0.15, 0.2) is 0 Å². The Morgan fingerprint density at radius 3 is 2.16 bits per heavy atom. The summed E-state index contributed by atoms with van der Waals surface area (Å²) in [4.78, 5) is 1.47. The Morgan fingerprint density at radius 2 is 1.68 bits per heavy atom. The van der Waals surface area contributed by atoms with Gasteiger partial charge >= 0.3 is 0 Å². The Bertz CT molecular complexity index is 284. The van der Waals surface area contributed by atoms with Gasteiger partial charge in [-0.05, 0) is 31.2 Å². The van der Waals surface area contributed by atoms with Gasteiger partial charge < -0.3 is 5.32 Å². The van der Waals surface area contributed by atoms with Gasteiger partial charge in [-0.1, -0.05) is 58.4 Å². The molecule has 2 heteroatoms. The van der Waals surface area contributed by atoms with E-state index in [0.717, 1.165) is 0 Å². The molecule has 0 aliphatic carbocycles. The van der Waals surface area contributed by atoms with Crippen LogP contribution in [-0.4, -0.2) is 6.04 Å². The van der Waals surface area contributed by atoms with Crippen molar-refractivity contribution < 1.29 is 0 Å². The fraction of sp³-hybridized carbons (Fsp3) is 0.765. The topological polar surface area (TPSA) is 12.0 Å². The Balaban J connectivity index is 2.37. The average molecular weight is 282 g/mol. The van der Waals surface area contributed by atoms with Crippen LogP contribution in [0.4, 0.5) is 0 Å². The molecule has 0 aliphatic rings. The van der Waals surface area contributed by atoms with Gasteiger partial charge in [-0.25, -0.2) is 0 Å². The van der Waals surface area contributed by atoms with Crippen molar-refractivity contribution in [3.63, 3.8) is 0 Å². The largest absolute Gasteiger partial charge is 0.307 e. The molecule has 0 saturated carbocycles. The van der Waals surface area contributed by atoms with Crippen molar-refractivity contribution in [2.75, 3.05) is 0 Å². The summed E-state index contributed by atoms with van der Waals surface area (Å²) in [5.41, 5.74) is 0. The van der Waals surface area contributed by atoms with E-state index < -0.39 is 0 Å². The quantitative estimate of drug-likeness (QED) is 0.496. The number of hydrogen-bond acceptors (Lipinski definition) is 2. The van der Waals surface area contributed by atoms with Crippen LogP contribution in [0.2, 0.25) is 0 Å². The molecule has 1 rings (SSSR count). The van der Waals surface area contributed by atoms with Gasteiger partial charge in [0.05, 0.1) is 0 Å². The first-order valence-corrected chi connectivity index (χ1v) is 8.95. The third kappa shape index (κ3) is 7.12. The summed E-state index contributed by atoms with van der Waals surface area (Å²) >= 11 is 1.87. The zero-order valence-electron chi connectivity index (χ0n) is 13.0. The smallest absolute Gasteiger partial charge is 0.0388 e. The maximum Gasteiger partial charge on any atom is 0.0388 e. The van der Waals surface area contributed by atoms with Gasteiger partial charge in [0.2, 0.25) is 0 Å². The van der Waals surface area contributed by atoms with Gasteiger partial charge in [0, 0.05) is 17.0 Å². The van der Waals surface area contributed by atoms with E-state index in [1.807, 2.05) is 11.3 Å². The number of thiophene rings is 1. The van der Waals surface area contributed by atoms with Gasteiger partial charge in [0.1, 0.15) is 0 Å². The molecule has 19 heavy (non-hydrogen) atoms. The Hall–Kier alpha value is -0.340. The molecule has 0 aliphatic heterocycles. The van der Waals surface area contributed by atoms with Crippen molar-refractivity contribution in [3.8, 4) is 0 Å². The Morgan fingerprint density at radius 1 is 1.05 bits per heavy atom. The lowest BCUT2D eigenvalue weighted by Gasteiger charge is -2.23. The molecular weight excluding hydrogens is 250 g/mol. The molecule has 0 aromatic carbocycles. The Kier molecular flexibility index (Phi) is 9.19. The van der Waals surface area contributed by atoms with Crippen LogP contribution >= 0.6 is 11.3 Å². The van der Waals surface area contributed by atoms with E-state index in [9.17, 15) is 0 Å². The second-order valence-electron chi connectivity index (χ2n) is 5.59. The minimum atomic E-state index is 0.508. The van der Waals surface area contributed by atoms with Crippen LogP contribution in [0.25, 0.3) is 0 Å². The van der Waals surface area contributed by atoms with E-state index in [4.69, 9.17) is 0 Å². The van der Waals surface area contributed by atoms with Crippen molar-refractivity contribution in [2.24, 2.45) is 0 Å². The highest BCUT2D eigenvalue weighted by atomic mass is 32.1. The summed E-state index contributed by atoms with van der Waals surface area (Å²) in [6.07, 6.45) is 10.8. The van der Waals surface area contributed by atoms with Crippen LogP contribution in [0.15, 0.2) is 17.5 Å². The van der Waals surface area contributed by atoms with Crippen molar-refractivity contribution in [2.45, 2.75) is 84.2 Å². The first kappa shape index (κ1) is 16.7. The fourth-order valence-electron chi connectivity index (χ4n) is 2.57. The molecular formula is C17H31NS. The van der Waals surface area contributed by atoms with Crippen molar-refractivity contribution in [1.29, 1.82) is 0 Å². The van der Waals surface area contributed by atoms with Crippen LogP contribution in [0.1, 0.15) is 83.1 Å². The highest BCUT2D eigenvalue weighted by Crippen LogP contribution is 2.21. The summed E-state index contributed by atoms with van der Waals surface area (Å²) in [6, 6.07) is 5.61. The zero-order chi connectivity index (χ0) is 13.9. The summed E-state index contributed by atoms with van der Waals surface area (Å²) in [5.74, 6) is 0. The monoisotopic (exact) mass is 281 g/mol. The molecule has 0 saturated heterocycles. The van der Waals surface area contributed by atoms with Gasteiger partial charge in [-0.2, -0.15) is 0 Å². The molecule has 1 nitrogen and oxygen atoms in total. The van der Waals surface area contributed by atoms with E-state index in [-0.39, 0.29) is 0 Å². The molecule has 1 unspecified atom stereocenters. The van der Waals surface area contributed by atoms with E-state index in [2.05, 4.69) is 43.6 Å². The molecule has 110 valence electrons. The lowest BCUT2D eigenvalue weighted by Crippen LogP contribution is -2.31. The molecule has 0 radical (unpaired) electrons. The second kappa shape index (κ2) is 10.4. The van der Waals surface area contributed by atoms with Crippen LogP contribution in [0.5, 0.6) is 0 Å². The zero-order valence-corrected chi connectivity index (χ0v) is 13.8. The molecule has 0 bridgehead atoms. The molecule has 0 spiro atoms. The highest BCUT2D eigenvalue weighted by molar-refractivity contribution is 7.10. The molecule has 1 aromatic rings. The van der Waals surface area contributed by atoms with Crippen molar-refractivity contribution >= 4 is 11.3 Å². The number of nitrogens with one attached hydrogen (secondary N) is 1. The SMILES string of the molecule is CCCCCC(CCCCC)NC(C)c1cccs1. The Labute approximate surface area is 123 Å². The fourth-order valence-corrected chi connectivity index (χ4v) is 3.31. The van der Waals surface area contributed by atoms with Gasteiger partial charge in [0.25, 0.3) is 0 Å². The summed E-state index contributed by atoms with van der Waals surface area (Å²) in [6.45, 7) is 6.88. The van der Waals surface area contributed by atoms with Gasteiger partial charge in [-0.3, -0.25) is 0 Å². The predicted molar refractivity (Wildman–Crippen MR) is 87.9 cm³/mol. The van der Waals surface area contributed by atoms with E-state index >= 15 is 0 Å². The molecule has 1 aromatic heterocycles. The standard InChI is InChI=1S/C17H31NS/c1-4-6-8-11-16(12-9-7-5-2)18-15(3)17-13-10-14-19-17/h10,13-16,18H,4-9,11-12H2,1-3H3. The van der Waals surface area contributed by atoms with E-state index in [0.29, 0.717) is 12.1 Å². The molecule has 1 N–H and O–H groups in total. The number of unbranched alkanes of at least 4 members (excludes halogenated alkanes) is 4. The minimum Gasteiger partial charge on any atom is -0.307 e. The number of hydrogen-bond donors (Lipinski definition) is 1. The lowest BCUT2D eigenvalue weighted by molar-refractivity contribution is 0.386. The number of rotatable bonds is 11. The van der Waals surface area contributed by atoms with E-state index in [1.165, 1.54) is 56.2 Å². The highest BCUT2D eigenvalue weighted by Gasteiger charge is 2.13. The summed E-state index contributed by atoms with van der Waals surface area (Å²) in [7, 11) is 0. The second-order valence-corrected chi connectivity index (χ2v) is 6.57. The third-order valence-electron chi connectivity index (χ3n) is 3.77. The first-order valence-electron chi connectivity index (χ1n) is 8.07. The lowest BCUT2D eigenvalue weighted by atomic mass is 10.0. The first-order chi connectivity index (χ1) is 9.27. The molecule has 0 fully saturated rings. The third-order valence-corrected chi connectivity index (χ3v) is 4.82. The van der Waals surface area contributed by atoms with Crippen molar-refractivity contribution in [3.05, 3.63) is 22.4 Å². The summed E-state index contributed by atoms with van der Waals surface area (Å²) < 4.78 is 0.